The fraction of sp³-hybridized carbons (Fsp3) is 0.296. The van der Waals surface area contributed by atoms with E-state index >= 15 is 0 Å². The number of aromatic nitrogens is 3. The first-order valence-electron chi connectivity index (χ1n) is 12.4. The van der Waals surface area contributed by atoms with Crippen LogP contribution in [0.4, 0.5) is 23.9 Å². The van der Waals surface area contributed by atoms with Gasteiger partial charge in [-0.15, -0.1) is 0 Å². The quantitative estimate of drug-likeness (QED) is 0.399. The molecule has 8 nitrogen and oxygen atoms in total. The van der Waals surface area contributed by atoms with Gasteiger partial charge in [0.25, 0.3) is 11.1 Å². The highest BCUT2D eigenvalue weighted by atomic mass is 32.2. The van der Waals surface area contributed by atoms with E-state index in [0.29, 0.717) is 40.3 Å². The van der Waals surface area contributed by atoms with Gasteiger partial charge in [0, 0.05) is 37.6 Å². The van der Waals surface area contributed by atoms with Crippen LogP contribution in [-0.2, 0) is 17.5 Å². The summed E-state index contributed by atoms with van der Waals surface area (Å²) in [5.41, 5.74) is 0.973. The summed E-state index contributed by atoms with van der Waals surface area (Å²) in [5, 5.41) is 5.23. The van der Waals surface area contributed by atoms with Gasteiger partial charge in [-0.2, -0.15) is 13.2 Å². The topological polar surface area (TPSA) is 100 Å². The molecule has 2 saturated heterocycles. The zero-order valence-corrected chi connectivity index (χ0v) is 21.6. The number of carbonyl (C=O) groups excluding carboxylic acids is 2. The molecule has 2 aliphatic rings. The molecule has 4 heterocycles. The van der Waals surface area contributed by atoms with Crippen molar-refractivity contribution in [2.75, 3.05) is 24.5 Å². The third-order valence-electron chi connectivity index (χ3n) is 6.61. The van der Waals surface area contributed by atoms with E-state index in [0.717, 1.165) is 50.3 Å². The number of hydrogen-bond acceptors (Lipinski definition) is 8. The zero-order valence-electron chi connectivity index (χ0n) is 20.7. The molecule has 202 valence electrons. The number of halogens is 3. The van der Waals surface area contributed by atoms with E-state index in [1.165, 1.54) is 18.3 Å². The second-order valence-electron chi connectivity index (χ2n) is 9.25. The van der Waals surface area contributed by atoms with Crippen molar-refractivity contribution in [2.45, 2.75) is 25.6 Å². The van der Waals surface area contributed by atoms with Crippen LogP contribution in [0.25, 0.3) is 17.3 Å². The largest absolute Gasteiger partial charge is 0.417 e. The van der Waals surface area contributed by atoms with Gasteiger partial charge >= 0.3 is 6.18 Å². The first-order chi connectivity index (χ1) is 18.8. The van der Waals surface area contributed by atoms with Gasteiger partial charge < -0.3 is 10.2 Å². The van der Waals surface area contributed by atoms with E-state index in [9.17, 15) is 22.8 Å². The molecule has 39 heavy (non-hydrogen) atoms. The average molecular weight is 555 g/mol. The lowest BCUT2D eigenvalue weighted by Gasteiger charge is -2.32. The lowest BCUT2D eigenvalue weighted by Crippen LogP contribution is -2.38. The Kier molecular flexibility index (Phi) is 7.94. The van der Waals surface area contributed by atoms with Gasteiger partial charge in [-0.25, -0.2) is 9.97 Å². The summed E-state index contributed by atoms with van der Waals surface area (Å²) in [6.45, 7) is 2.62. The fourth-order valence-corrected chi connectivity index (χ4v) is 5.33. The molecular weight excluding hydrogens is 529 g/mol. The number of carbonyl (C=O) groups is 2. The third kappa shape index (κ3) is 6.45. The first kappa shape index (κ1) is 26.8. The zero-order chi connectivity index (χ0) is 27.4. The number of anilines is 1. The predicted octanol–water partition coefficient (Wildman–Crippen LogP) is 4.89. The smallest absolute Gasteiger partial charge is 0.341 e. The van der Waals surface area contributed by atoms with E-state index in [2.05, 4.69) is 30.5 Å². The van der Waals surface area contributed by atoms with Gasteiger partial charge in [0.2, 0.25) is 5.95 Å². The molecule has 2 aliphatic heterocycles. The van der Waals surface area contributed by atoms with Crippen LogP contribution in [0.1, 0.15) is 29.7 Å². The Labute approximate surface area is 227 Å². The second kappa shape index (κ2) is 11.5. The maximum Gasteiger partial charge on any atom is 0.417 e. The Morgan fingerprint density at radius 3 is 2.59 bits per heavy atom. The van der Waals surface area contributed by atoms with Gasteiger partial charge in [0.15, 0.2) is 0 Å². The maximum atomic E-state index is 13.6. The highest BCUT2D eigenvalue weighted by Gasteiger charge is 2.34. The van der Waals surface area contributed by atoms with Crippen molar-refractivity contribution in [2.24, 2.45) is 5.92 Å². The number of nitrogens with one attached hydrogen (secondary N) is 2. The number of piperidine rings is 1. The lowest BCUT2D eigenvalue weighted by atomic mass is 9.96. The van der Waals surface area contributed by atoms with Crippen molar-refractivity contribution in [3.8, 4) is 11.3 Å². The number of hydrogen-bond donors (Lipinski definition) is 2. The van der Waals surface area contributed by atoms with Crippen molar-refractivity contribution < 1.29 is 22.8 Å². The number of rotatable bonds is 7. The first-order valence-corrected chi connectivity index (χ1v) is 13.2. The van der Waals surface area contributed by atoms with Crippen LogP contribution in [0, 0.1) is 5.92 Å². The molecule has 2 N–H and O–H groups in total. The van der Waals surface area contributed by atoms with E-state index < -0.39 is 22.9 Å². The van der Waals surface area contributed by atoms with Gasteiger partial charge in [-0.05, 0) is 66.9 Å². The van der Waals surface area contributed by atoms with Gasteiger partial charge in [-0.3, -0.25) is 19.9 Å². The standard InChI is InChI=1S/C27H25F3N6O2S/c28-27(29,30)21-6-2-1-5-20(21)23-18(4-3-10-32-23)16-31-15-17-8-12-36(13-9-17)25-33-11-7-19(34-25)14-22-24(37)35-26(38)39-22/h1-7,10-11,14,17,31H,8-9,12-13,15-16H2,(H,35,37,38). The van der Waals surface area contributed by atoms with Gasteiger partial charge in [0.05, 0.1) is 21.9 Å². The summed E-state index contributed by atoms with van der Waals surface area (Å²) in [6, 6.07) is 10.7. The molecule has 0 saturated carbocycles. The minimum Gasteiger partial charge on any atom is -0.341 e. The molecule has 0 unspecified atom stereocenters. The molecule has 0 atom stereocenters. The molecule has 12 heteroatoms. The monoisotopic (exact) mass is 554 g/mol. The summed E-state index contributed by atoms with van der Waals surface area (Å²) in [7, 11) is 0. The fourth-order valence-electron chi connectivity index (χ4n) is 4.66. The van der Waals surface area contributed by atoms with Crippen molar-refractivity contribution in [3.63, 3.8) is 0 Å². The van der Waals surface area contributed by atoms with Crippen LogP contribution in [0.15, 0.2) is 59.8 Å². The van der Waals surface area contributed by atoms with Crippen LogP contribution < -0.4 is 15.5 Å². The van der Waals surface area contributed by atoms with Gasteiger partial charge in [0.1, 0.15) is 0 Å². The molecule has 0 aliphatic carbocycles. The van der Waals surface area contributed by atoms with E-state index in [1.54, 1.807) is 36.5 Å². The molecule has 0 spiro atoms. The molecule has 2 fully saturated rings. The Morgan fingerprint density at radius 1 is 1.05 bits per heavy atom. The van der Waals surface area contributed by atoms with Crippen LogP contribution in [0.3, 0.4) is 0 Å². The minimum atomic E-state index is -4.46. The molecule has 0 bridgehead atoms. The lowest BCUT2D eigenvalue weighted by molar-refractivity contribution is -0.137. The number of benzene rings is 1. The Bertz CT molecular complexity index is 1410. The van der Waals surface area contributed by atoms with Crippen molar-refractivity contribution in [1.82, 2.24) is 25.6 Å². The number of nitrogens with zero attached hydrogens (tertiary/aromatic N) is 4. The number of thioether (sulfide) groups is 1. The highest BCUT2D eigenvalue weighted by Crippen LogP contribution is 2.37. The highest BCUT2D eigenvalue weighted by molar-refractivity contribution is 8.18. The Balaban J connectivity index is 1.17. The van der Waals surface area contributed by atoms with Crippen molar-refractivity contribution in [1.29, 1.82) is 0 Å². The molecular formula is C27H25F3N6O2S. The predicted molar refractivity (Wildman–Crippen MR) is 142 cm³/mol. The minimum absolute atomic E-state index is 0.0762. The summed E-state index contributed by atoms with van der Waals surface area (Å²) in [4.78, 5) is 38.8. The summed E-state index contributed by atoms with van der Waals surface area (Å²) in [6.07, 6.45) is 2.04. The number of alkyl halides is 3. The second-order valence-corrected chi connectivity index (χ2v) is 10.3. The normalized spacial score (nSPS) is 17.6. The molecule has 5 rings (SSSR count). The summed E-state index contributed by atoms with van der Waals surface area (Å²) >= 11 is 0.844. The summed E-state index contributed by atoms with van der Waals surface area (Å²) < 4.78 is 40.7. The molecule has 3 aromatic rings. The van der Waals surface area contributed by atoms with Crippen LogP contribution in [0.5, 0.6) is 0 Å². The SMILES string of the molecule is O=C1NC(=O)C(=Cc2ccnc(N3CCC(CNCc4cccnc4-c4ccccc4C(F)(F)F)CC3)n2)S1. The molecule has 0 radical (unpaired) electrons. The number of pyridine rings is 1. The molecule has 1 aromatic carbocycles. The number of amides is 2. The Hall–Kier alpha value is -3.77. The van der Waals surface area contributed by atoms with Gasteiger partial charge in [-0.1, -0.05) is 24.3 Å². The number of imide groups is 1. The van der Waals surface area contributed by atoms with Crippen LogP contribution >= 0.6 is 11.8 Å². The third-order valence-corrected chi connectivity index (χ3v) is 7.42. The maximum absolute atomic E-state index is 13.6. The van der Waals surface area contributed by atoms with E-state index in [4.69, 9.17) is 0 Å². The Morgan fingerprint density at radius 2 is 1.85 bits per heavy atom. The summed E-state index contributed by atoms with van der Waals surface area (Å²) in [5.74, 6) is 0.522. The molecule has 2 amide bonds. The average Bonchev–Trinajstić information content (AvgIpc) is 3.25. The van der Waals surface area contributed by atoms with Crippen molar-refractivity contribution >= 4 is 34.9 Å². The molecule has 2 aromatic heterocycles. The van der Waals surface area contributed by atoms with E-state index in [-0.39, 0.29) is 5.56 Å². The van der Waals surface area contributed by atoms with E-state index in [1.807, 2.05) is 0 Å². The van der Waals surface area contributed by atoms with Crippen LogP contribution in [0.2, 0.25) is 0 Å². The van der Waals surface area contributed by atoms with Crippen molar-refractivity contribution in [3.05, 3.63) is 76.6 Å². The van der Waals surface area contributed by atoms with Crippen LogP contribution in [-0.4, -0.2) is 45.7 Å².